The lowest BCUT2D eigenvalue weighted by molar-refractivity contribution is -0.0588. The quantitative estimate of drug-likeness (QED) is 0.796. The lowest BCUT2D eigenvalue weighted by atomic mass is 10.2. The van der Waals surface area contributed by atoms with Crippen LogP contribution in [0, 0.1) is 0 Å². The van der Waals surface area contributed by atoms with Crippen LogP contribution in [0.3, 0.4) is 0 Å². The molecule has 3 rings (SSSR count). The smallest absolute Gasteiger partial charge is 0.358 e. The van der Waals surface area contributed by atoms with Crippen LogP contribution in [0.25, 0.3) is 5.69 Å². The summed E-state index contributed by atoms with van der Waals surface area (Å²) in [5.41, 5.74) is 1.13. The van der Waals surface area contributed by atoms with Crippen LogP contribution in [0.5, 0.6) is 0 Å². The summed E-state index contributed by atoms with van der Waals surface area (Å²) in [5.74, 6) is -0.763. The van der Waals surface area contributed by atoms with Crippen LogP contribution in [0.2, 0.25) is 0 Å². The highest BCUT2D eigenvalue weighted by Gasteiger charge is 2.30. The molecule has 7 nitrogen and oxygen atoms in total. The van der Waals surface area contributed by atoms with Gasteiger partial charge in [0.05, 0.1) is 25.0 Å². The topological polar surface area (TPSA) is 73.7 Å². The highest BCUT2D eigenvalue weighted by atomic mass is 16.5. The van der Waals surface area contributed by atoms with E-state index >= 15 is 0 Å². The summed E-state index contributed by atoms with van der Waals surface area (Å²) < 4.78 is 11.9. The Morgan fingerprint density at radius 1 is 1.16 bits per heavy atom. The zero-order chi connectivity index (χ0) is 18.0. The highest BCUT2D eigenvalue weighted by Crippen LogP contribution is 2.18. The maximum Gasteiger partial charge on any atom is 0.358 e. The second kappa shape index (κ2) is 7.06. The van der Waals surface area contributed by atoms with Crippen molar-refractivity contribution in [3.05, 3.63) is 47.8 Å². The van der Waals surface area contributed by atoms with Crippen molar-refractivity contribution in [3.63, 3.8) is 0 Å². The molecule has 2 heterocycles. The van der Waals surface area contributed by atoms with Crippen molar-refractivity contribution in [3.8, 4) is 5.69 Å². The SMILES string of the molecule is COC(=O)c1cc(C(=O)N2C[C@@H](C)O[C@@H](C)C2)n(-c2ccccc2)n1. The summed E-state index contributed by atoms with van der Waals surface area (Å²) in [6, 6.07) is 10.7. The molecule has 1 aliphatic heterocycles. The molecule has 0 spiro atoms. The molecule has 1 aromatic heterocycles. The molecule has 0 aliphatic carbocycles. The zero-order valence-electron chi connectivity index (χ0n) is 14.5. The van der Waals surface area contributed by atoms with Crippen molar-refractivity contribution in [2.24, 2.45) is 0 Å². The molecular formula is C18H21N3O4. The molecule has 0 saturated carbocycles. The summed E-state index contributed by atoms with van der Waals surface area (Å²) in [6.45, 7) is 4.86. The van der Waals surface area contributed by atoms with Gasteiger partial charge in [0.15, 0.2) is 5.69 Å². The van der Waals surface area contributed by atoms with E-state index in [0.717, 1.165) is 0 Å². The Morgan fingerprint density at radius 3 is 2.40 bits per heavy atom. The van der Waals surface area contributed by atoms with Crippen LogP contribution in [0.15, 0.2) is 36.4 Å². The van der Waals surface area contributed by atoms with Gasteiger partial charge in [-0.1, -0.05) is 18.2 Å². The summed E-state index contributed by atoms with van der Waals surface area (Å²) in [6.07, 6.45) is -0.0817. The maximum atomic E-state index is 13.1. The van der Waals surface area contributed by atoms with Gasteiger partial charge in [0, 0.05) is 19.2 Å². The van der Waals surface area contributed by atoms with Crippen LogP contribution >= 0.6 is 0 Å². The fourth-order valence-corrected chi connectivity index (χ4v) is 3.01. The monoisotopic (exact) mass is 343 g/mol. The van der Waals surface area contributed by atoms with E-state index in [1.165, 1.54) is 17.9 Å². The number of amides is 1. The molecule has 1 aliphatic rings. The first-order chi connectivity index (χ1) is 12.0. The number of esters is 1. The largest absolute Gasteiger partial charge is 0.464 e. The number of hydrogen-bond acceptors (Lipinski definition) is 5. The maximum absolute atomic E-state index is 13.1. The Bertz CT molecular complexity index is 762. The predicted octanol–water partition coefficient (Wildman–Crippen LogP) is 1.91. The molecule has 1 fully saturated rings. The standard InChI is InChI=1S/C18H21N3O4/c1-12-10-20(11-13(2)25-12)17(22)16-9-15(18(23)24-3)19-21(16)14-7-5-4-6-8-14/h4-9,12-13H,10-11H2,1-3H3/t12-,13+. The van der Waals surface area contributed by atoms with Crippen LogP contribution in [-0.4, -0.2) is 59.0 Å². The van der Waals surface area contributed by atoms with Crippen molar-refractivity contribution < 1.29 is 19.1 Å². The van der Waals surface area contributed by atoms with Gasteiger partial charge in [0.1, 0.15) is 5.69 Å². The number of morpholine rings is 1. The molecule has 2 atom stereocenters. The number of aromatic nitrogens is 2. The molecule has 7 heteroatoms. The van der Waals surface area contributed by atoms with E-state index in [9.17, 15) is 9.59 Å². The average Bonchev–Trinajstić information content (AvgIpc) is 3.05. The van der Waals surface area contributed by atoms with E-state index in [-0.39, 0.29) is 23.8 Å². The second-order valence-electron chi connectivity index (χ2n) is 6.12. The third kappa shape index (κ3) is 3.56. The number of ether oxygens (including phenoxy) is 2. The number of methoxy groups -OCH3 is 1. The van der Waals surface area contributed by atoms with E-state index < -0.39 is 5.97 Å². The lowest BCUT2D eigenvalue weighted by Gasteiger charge is -2.35. The molecule has 1 aromatic carbocycles. The summed E-state index contributed by atoms with van der Waals surface area (Å²) >= 11 is 0. The van der Waals surface area contributed by atoms with Crippen LogP contribution < -0.4 is 0 Å². The molecule has 0 N–H and O–H groups in total. The molecule has 0 bridgehead atoms. The predicted molar refractivity (Wildman–Crippen MR) is 90.8 cm³/mol. The van der Waals surface area contributed by atoms with Gasteiger partial charge in [-0.3, -0.25) is 4.79 Å². The van der Waals surface area contributed by atoms with Gasteiger partial charge < -0.3 is 14.4 Å². The van der Waals surface area contributed by atoms with Gasteiger partial charge in [-0.15, -0.1) is 0 Å². The Balaban J connectivity index is 2.00. The summed E-state index contributed by atoms with van der Waals surface area (Å²) in [5, 5.41) is 4.27. The van der Waals surface area contributed by atoms with E-state index in [4.69, 9.17) is 9.47 Å². The first kappa shape index (κ1) is 17.2. The fourth-order valence-electron chi connectivity index (χ4n) is 3.01. The van der Waals surface area contributed by atoms with Crippen LogP contribution in [-0.2, 0) is 9.47 Å². The molecular weight excluding hydrogens is 322 g/mol. The number of carbonyl (C=O) groups is 2. The van der Waals surface area contributed by atoms with Crippen LogP contribution in [0.4, 0.5) is 0 Å². The minimum absolute atomic E-state index is 0.0409. The van der Waals surface area contributed by atoms with Crippen LogP contribution in [0.1, 0.15) is 34.8 Å². The van der Waals surface area contributed by atoms with Crippen molar-refractivity contribution in [2.45, 2.75) is 26.1 Å². The Kier molecular flexibility index (Phi) is 4.85. The number of rotatable bonds is 3. The molecule has 0 radical (unpaired) electrons. The second-order valence-corrected chi connectivity index (χ2v) is 6.12. The van der Waals surface area contributed by atoms with Gasteiger partial charge in [-0.25, -0.2) is 9.48 Å². The number of hydrogen-bond donors (Lipinski definition) is 0. The summed E-state index contributed by atoms with van der Waals surface area (Å²) in [7, 11) is 1.29. The number of para-hydroxylation sites is 1. The molecule has 25 heavy (non-hydrogen) atoms. The Morgan fingerprint density at radius 2 is 1.80 bits per heavy atom. The van der Waals surface area contributed by atoms with Gasteiger partial charge in [-0.05, 0) is 26.0 Å². The van der Waals surface area contributed by atoms with Crippen molar-refractivity contribution in [1.82, 2.24) is 14.7 Å². The molecule has 1 amide bonds. The number of nitrogens with zero attached hydrogens (tertiary/aromatic N) is 3. The first-order valence-electron chi connectivity index (χ1n) is 8.18. The van der Waals surface area contributed by atoms with Crippen molar-refractivity contribution in [1.29, 1.82) is 0 Å². The average molecular weight is 343 g/mol. The normalized spacial score (nSPS) is 20.4. The van der Waals surface area contributed by atoms with Gasteiger partial charge in [-0.2, -0.15) is 5.10 Å². The number of benzene rings is 1. The van der Waals surface area contributed by atoms with E-state index in [2.05, 4.69) is 5.10 Å². The van der Waals surface area contributed by atoms with Crippen molar-refractivity contribution in [2.75, 3.05) is 20.2 Å². The highest BCUT2D eigenvalue weighted by molar-refractivity contribution is 5.96. The van der Waals surface area contributed by atoms with Gasteiger partial charge in [0.25, 0.3) is 5.91 Å². The van der Waals surface area contributed by atoms with E-state index in [0.29, 0.717) is 24.5 Å². The third-order valence-electron chi connectivity index (χ3n) is 4.03. The molecule has 0 unspecified atom stereocenters. The van der Waals surface area contributed by atoms with Gasteiger partial charge in [0.2, 0.25) is 0 Å². The Hall–Kier alpha value is -2.67. The fraction of sp³-hybridized carbons (Fsp3) is 0.389. The minimum atomic E-state index is -0.576. The Labute approximate surface area is 146 Å². The van der Waals surface area contributed by atoms with E-state index in [1.54, 1.807) is 4.90 Å². The first-order valence-corrected chi connectivity index (χ1v) is 8.18. The number of carbonyl (C=O) groups excluding carboxylic acids is 2. The van der Waals surface area contributed by atoms with Crippen molar-refractivity contribution >= 4 is 11.9 Å². The molecule has 1 saturated heterocycles. The zero-order valence-corrected chi connectivity index (χ0v) is 14.5. The minimum Gasteiger partial charge on any atom is -0.464 e. The molecule has 132 valence electrons. The lowest BCUT2D eigenvalue weighted by Crippen LogP contribution is -2.48. The van der Waals surface area contributed by atoms with Gasteiger partial charge >= 0.3 is 5.97 Å². The molecule has 2 aromatic rings. The summed E-state index contributed by atoms with van der Waals surface area (Å²) in [4.78, 5) is 26.7. The third-order valence-corrected chi connectivity index (χ3v) is 4.03. The van der Waals surface area contributed by atoms with E-state index in [1.807, 2.05) is 44.2 Å².